The first-order valence-electron chi connectivity index (χ1n) is 8.81. The zero-order chi connectivity index (χ0) is 15.6. The van der Waals surface area contributed by atoms with Gasteiger partial charge in [-0.05, 0) is 68.9 Å². The molecule has 4 rings (SSSR count). The monoisotopic (exact) mass is 380 g/mol. The number of rotatable bonds is 5. The first-order chi connectivity index (χ1) is 11.3. The second kappa shape index (κ2) is 6.99. The van der Waals surface area contributed by atoms with Crippen LogP contribution in [0.25, 0.3) is 0 Å². The molecular formula is C18H25BrN2O2. The molecule has 0 aromatic heterocycles. The lowest BCUT2D eigenvalue weighted by atomic mass is 10.0. The second-order valence-electron chi connectivity index (χ2n) is 6.99. The Bertz CT molecular complexity index is 554. The van der Waals surface area contributed by atoms with Crippen LogP contribution in [0.15, 0.2) is 16.6 Å². The number of hydrogen-bond acceptors (Lipinski definition) is 4. The quantitative estimate of drug-likeness (QED) is 0.850. The summed E-state index contributed by atoms with van der Waals surface area (Å²) >= 11 is 3.69. The third kappa shape index (κ3) is 4.01. The van der Waals surface area contributed by atoms with Gasteiger partial charge < -0.3 is 14.8 Å². The highest BCUT2D eigenvalue weighted by molar-refractivity contribution is 9.10. The number of ether oxygens (including phenoxy) is 2. The molecule has 0 amide bonds. The highest BCUT2D eigenvalue weighted by atomic mass is 79.9. The van der Waals surface area contributed by atoms with Crippen LogP contribution in [0.4, 0.5) is 0 Å². The van der Waals surface area contributed by atoms with E-state index in [9.17, 15) is 0 Å². The van der Waals surface area contributed by atoms with Crippen LogP contribution in [0.1, 0.15) is 31.2 Å². The van der Waals surface area contributed by atoms with E-state index in [1.54, 1.807) is 0 Å². The topological polar surface area (TPSA) is 33.7 Å². The van der Waals surface area contributed by atoms with Crippen molar-refractivity contribution in [1.82, 2.24) is 10.2 Å². The van der Waals surface area contributed by atoms with E-state index >= 15 is 0 Å². The van der Waals surface area contributed by atoms with E-state index in [1.165, 1.54) is 50.9 Å². The lowest BCUT2D eigenvalue weighted by molar-refractivity contribution is 0.169. The van der Waals surface area contributed by atoms with E-state index in [0.717, 1.165) is 34.5 Å². The molecule has 3 aliphatic rings. The number of halogens is 1. The first kappa shape index (κ1) is 15.7. The summed E-state index contributed by atoms with van der Waals surface area (Å²) in [7, 11) is 0. The van der Waals surface area contributed by atoms with Gasteiger partial charge in [-0.25, -0.2) is 0 Å². The summed E-state index contributed by atoms with van der Waals surface area (Å²) in [5.41, 5.74) is 1.29. The van der Waals surface area contributed by atoms with Crippen molar-refractivity contribution in [3.63, 3.8) is 0 Å². The van der Waals surface area contributed by atoms with Crippen molar-refractivity contribution in [2.75, 3.05) is 32.8 Å². The number of nitrogens with one attached hydrogen (secondary N) is 1. The van der Waals surface area contributed by atoms with Crippen LogP contribution in [0, 0.1) is 5.92 Å². The van der Waals surface area contributed by atoms with Gasteiger partial charge in [0.25, 0.3) is 0 Å². The van der Waals surface area contributed by atoms with Crippen molar-refractivity contribution in [1.29, 1.82) is 0 Å². The molecule has 1 saturated heterocycles. The highest BCUT2D eigenvalue weighted by Crippen LogP contribution is 2.36. The fourth-order valence-corrected chi connectivity index (χ4v) is 3.87. The number of likely N-dealkylation sites (tertiary alicyclic amines) is 1. The zero-order valence-corrected chi connectivity index (χ0v) is 15.1. The summed E-state index contributed by atoms with van der Waals surface area (Å²) in [6.45, 7) is 5.84. The molecule has 1 aromatic rings. The maximum Gasteiger partial charge on any atom is 0.162 e. The molecule has 0 unspecified atom stereocenters. The molecule has 2 aliphatic heterocycles. The largest absolute Gasteiger partial charge is 0.486 e. The predicted octanol–water partition coefficient (Wildman–Crippen LogP) is 3.18. The van der Waals surface area contributed by atoms with Crippen LogP contribution < -0.4 is 14.8 Å². The van der Waals surface area contributed by atoms with Crippen molar-refractivity contribution >= 4 is 15.9 Å². The van der Waals surface area contributed by atoms with Gasteiger partial charge in [-0.2, -0.15) is 0 Å². The number of fused-ring (bicyclic) bond motifs is 1. The van der Waals surface area contributed by atoms with Gasteiger partial charge in [0.1, 0.15) is 13.2 Å². The minimum absolute atomic E-state index is 0.639. The third-order valence-corrected chi connectivity index (χ3v) is 5.82. The molecule has 0 spiro atoms. The molecular weight excluding hydrogens is 356 g/mol. The summed E-state index contributed by atoms with van der Waals surface area (Å²) in [4.78, 5) is 2.55. The Labute approximate surface area is 146 Å². The second-order valence-corrected chi connectivity index (χ2v) is 7.84. The van der Waals surface area contributed by atoms with Crippen LogP contribution >= 0.6 is 15.9 Å². The van der Waals surface area contributed by atoms with Gasteiger partial charge in [-0.1, -0.05) is 15.9 Å². The fraction of sp³-hybridized carbons (Fsp3) is 0.667. The van der Waals surface area contributed by atoms with E-state index in [4.69, 9.17) is 9.47 Å². The lowest BCUT2D eigenvalue weighted by Gasteiger charge is -2.33. The predicted molar refractivity (Wildman–Crippen MR) is 94.2 cm³/mol. The number of hydrogen-bond donors (Lipinski definition) is 1. The summed E-state index contributed by atoms with van der Waals surface area (Å²) in [5, 5.41) is 3.75. The summed E-state index contributed by atoms with van der Waals surface area (Å²) in [6.07, 6.45) is 5.39. The number of nitrogens with zero attached hydrogens (tertiary/aromatic N) is 1. The molecule has 4 nitrogen and oxygen atoms in total. The molecule has 2 fully saturated rings. The molecule has 1 aromatic carbocycles. The molecule has 0 bridgehead atoms. The molecule has 23 heavy (non-hydrogen) atoms. The van der Waals surface area contributed by atoms with Crippen LogP contribution in [-0.4, -0.2) is 43.8 Å². The zero-order valence-electron chi connectivity index (χ0n) is 13.5. The Morgan fingerprint density at radius 1 is 1.04 bits per heavy atom. The summed E-state index contributed by atoms with van der Waals surface area (Å²) in [6, 6.07) is 4.90. The standard InChI is InChI=1S/C18H25BrN2O2/c19-16-10-18-17(22-7-8-23-18)9-14(16)12-21-5-3-15(4-6-21)20-11-13-1-2-13/h9-10,13,15,20H,1-8,11-12H2. The molecule has 126 valence electrons. The van der Waals surface area contributed by atoms with Crippen molar-refractivity contribution in [3.8, 4) is 11.5 Å². The van der Waals surface area contributed by atoms with Crippen LogP contribution in [0.5, 0.6) is 11.5 Å². The van der Waals surface area contributed by atoms with Gasteiger partial charge in [0.2, 0.25) is 0 Å². The van der Waals surface area contributed by atoms with E-state index in [1.807, 2.05) is 6.07 Å². The Kier molecular flexibility index (Phi) is 4.78. The van der Waals surface area contributed by atoms with Crippen molar-refractivity contribution in [2.24, 2.45) is 5.92 Å². The van der Waals surface area contributed by atoms with Gasteiger partial charge >= 0.3 is 0 Å². The molecule has 0 atom stereocenters. The van der Waals surface area contributed by atoms with Gasteiger partial charge in [0.15, 0.2) is 11.5 Å². The van der Waals surface area contributed by atoms with Gasteiger partial charge in [0.05, 0.1) is 0 Å². The third-order valence-electron chi connectivity index (χ3n) is 5.08. The Balaban J connectivity index is 1.32. The minimum Gasteiger partial charge on any atom is -0.486 e. The normalized spacial score (nSPS) is 22.3. The van der Waals surface area contributed by atoms with Gasteiger partial charge in [-0.3, -0.25) is 4.90 Å². The smallest absolute Gasteiger partial charge is 0.162 e. The van der Waals surface area contributed by atoms with E-state index in [0.29, 0.717) is 13.2 Å². The summed E-state index contributed by atoms with van der Waals surface area (Å²) in [5.74, 6) is 2.71. The summed E-state index contributed by atoms with van der Waals surface area (Å²) < 4.78 is 12.5. The van der Waals surface area contributed by atoms with Crippen molar-refractivity contribution < 1.29 is 9.47 Å². The van der Waals surface area contributed by atoms with Crippen molar-refractivity contribution in [3.05, 3.63) is 22.2 Å². The van der Waals surface area contributed by atoms with Gasteiger partial charge in [-0.15, -0.1) is 0 Å². The first-order valence-corrected chi connectivity index (χ1v) is 9.61. The maximum absolute atomic E-state index is 5.71. The van der Waals surface area contributed by atoms with Gasteiger partial charge in [0, 0.05) is 17.1 Å². The average molecular weight is 381 g/mol. The minimum atomic E-state index is 0.639. The van der Waals surface area contributed by atoms with E-state index in [2.05, 4.69) is 32.2 Å². The number of piperidine rings is 1. The molecule has 5 heteroatoms. The Morgan fingerprint density at radius 2 is 1.74 bits per heavy atom. The average Bonchev–Trinajstić information content (AvgIpc) is 3.39. The fourth-order valence-electron chi connectivity index (χ4n) is 3.42. The molecule has 0 radical (unpaired) electrons. The van der Waals surface area contributed by atoms with Crippen LogP contribution in [-0.2, 0) is 6.54 Å². The molecule has 1 saturated carbocycles. The molecule has 1 aliphatic carbocycles. The van der Waals surface area contributed by atoms with Crippen LogP contribution in [0.2, 0.25) is 0 Å². The maximum atomic E-state index is 5.71. The highest BCUT2D eigenvalue weighted by Gasteiger charge is 2.25. The van der Waals surface area contributed by atoms with E-state index in [-0.39, 0.29) is 0 Å². The van der Waals surface area contributed by atoms with E-state index < -0.39 is 0 Å². The molecule has 2 heterocycles. The SMILES string of the molecule is Brc1cc2c(cc1CN1CCC(NCC3CC3)CC1)OCCO2. The Hall–Kier alpha value is -0.780. The molecule has 1 N–H and O–H groups in total. The van der Waals surface area contributed by atoms with Crippen LogP contribution in [0.3, 0.4) is 0 Å². The Morgan fingerprint density at radius 3 is 2.43 bits per heavy atom. The van der Waals surface area contributed by atoms with Crippen molar-refractivity contribution in [2.45, 2.75) is 38.3 Å². The lowest BCUT2D eigenvalue weighted by Crippen LogP contribution is -2.42. The number of benzene rings is 1.